The topological polar surface area (TPSA) is 75.6 Å². The summed E-state index contributed by atoms with van der Waals surface area (Å²) < 4.78 is 5.15. The van der Waals surface area contributed by atoms with Gasteiger partial charge in [0.2, 0.25) is 0 Å². The van der Waals surface area contributed by atoms with Gasteiger partial charge < -0.3 is 15.2 Å². The molecular formula is C19H22ClNO4. The molecule has 6 heteroatoms. The first kappa shape index (κ1) is 20.5. The molecule has 0 aliphatic rings. The molecule has 0 saturated heterocycles. The lowest BCUT2D eigenvalue weighted by molar-refractivity contribution is 0.0696. The summed E-state index contributed by atoms with van der Waals surface area (Å²) in [6.07, 6.45) is 0.592. The van der Waals surface area contributed by atoms with E-state index in [0.717, 1.165) is 5.56 Å². The Kier molecular flexibility index (Phi) is 8.50. The van der Waals surface area contributed by atoms with Crippen LogP contribution < -0.4 is 10.1 Å². The van der Waals surface area contributed by atoms with Crippen molar-refractivity contribution < 1.29 is 19.4 Å². The number of hydrogen-bond donors (Lipinski definition) is 2. The normalized spacial score (nSPS) is 9.60. The molecule has 0 heterocycles. The molecule has 0 radical (unpaired) electrons. The van der Waals surface area contributed by atoms with Gasteiger partial charge in [-0.2, -0.15) is 0 Å². The Morgan fingerprint density at radius 2 is 1.76 bits per heavy atom. The lowest BCUT2D eigenvalue weighted by atomic mass is 10.1. The highest BCUT2D eigenvalue weighted by atomic mass is 35.5. The van der Waals surface area contributed by atoms with Gasteiger partial charge in [0.1, 0.15) is 5.75 Å². The van der Waals surface area contributed by atoms with Crippen molar-refractivity contribution in [2.45, 2.75) is 20.3 Å². The van der Waals surface area contributed by atoms with Crippen LogP contribution in [-0.4, -0.2) is 30.6 Å². The molecule has 25 heavy (non-hydrogen) atoms. The third-order valence-corrected chi connectivity index (χ3v) is 3.54. The maximum Gasteiger partial charge on any atom is 0.335 e. The zero-order chi connectivity index (χ0) is 18.8. The largest absolute Gasteiger partial charge is 0.496 e. The van der Waals surface area contributed by atoms with Crippen LogP contribution in [0.3, 0.4) is 0 Å². The van der Waals surface area contributed by atoms with Crippen LogP contribution in [0.4, 0.5) is 0 Å². The van der Waals surface area contributed by atoms with Crippen LogP contribution >= 0.6 is 11.6 Å². The number of amides is 1. The van der Waals surface area contributed by atoms with Gasteiger partial charge in [-0.25, -0.2) is 4.79 Å². The molecule has 134 valence electrons. The predicted octanol–water partition coefficient (Wildman–Crippen LogP) is 4.05. The van der Waals surface area contributed by atoms with E-state index in [4.69, 9.17) is 21.4 Å². The monoisotopic (exact) mass is 363 g/mol. The lowest BCUT2D eigenvalue weighted by Gasteiger charge is -2.10. The molecule has 0 fully saturated rings. The summed E-state index contributed by atoms with van der Waals surface area (Å²) in [5, 5.41) is 12.1. The van der Waals surface area contributed by atoms with Crippen LogP contribution in [0.5, 0.6) is 5.75 Å². The summed E-state index contributed by atoms with van der Waals surface area (Å²) in [5.41, 5.74) is 1.55. The summed E-state index contributed by atoms with van der Waals surface area (Å²) in [4.78, 5) is 23.0. The van der Waals surface area contributed by atoms with Crippen molar-refractivity contribution in [2.24, 2.45) is 0 Å². The molecule has 0 saturated carbocycles. The Labute approximate surface area is 152 Å². The molecule has 0 aromatic heterocycles. The minimum atomic E-state index is -0.960. The first-order valence-corrected chi connectivity index (χ1v) is 8.33. The van der Waals surface area contributed by atoms with E-state index < -0.39 is 5.97 Å². The van der Waals surface area contributed by atoms with Crippen molar-refractivity contribution in [3.8, 4) is 5.75 Å². The molecule has 1 amide bonds. The molecule has 0 aliphatic heterocycles. The van der Waals surface area contributed by atoms with E-state index in [2.05, 4.69) is 5.32 Å². The smallest absolute Gasteiger partial charge is 0.335 e. The van der Waals surface area contributed by atoms with Crippen LogP contribution in [0, 0.1) is 0 Å². The maximum absolute atomic E-state index is 12.2. The fourth-order valence-electron chi connectivity index (χ4n) is 2.09. The number of carbonyl (C=O) groups is 2. The molecule has 0 unspecified atom stereocenters. The fourth-order valence-corrected chi connectivity index (χ4v) is 2.26. The lowest BCUT2D eigenvalue weighted by Crippen LogP contribution is -2.26. The first-order valence-electron chi connectivity index (χ1n) is 7.95. The zero-order valence-corrected chi connectivity index (χ0v) is 15.3. The highest BCUT2D eigenvalue weighted by Crippen LogP contribution is 2.22. The average molecular weight is 364 g/mol. The Hall–Kier alpha value is -2.53. The van der Waals surface area contributed by atoms with Crippen LogP contribution in [0.2, 0.25) is 5.02 Å². The van der Waals surface area contributed by atoms with Crippen molar-refractivity contribution in [3.63, 3.8) is 0 Å². The Morgan fingerprint density at radius 3 is 2.32 bits per heavy atom. The minimum absolute atomic E-state index is 0.237. The standard InChI is InChI=1S/C17H16ClNO4.C2H6/c1-23-15-7-6-13(18)10-14(15)16(20)19-9-8-11-2-4-12(5-3-11)17(21)22;1-2/h2-7,10H,8-9H2,1H3,(H,19,20)(H,21,22);1-2H3. The highest BCUT2D eigenvalue weighted by Gasteiger charge is 2.12. The minimum Gasteiger partial charge on any atom is -0.496 e. The fraction of sp³-hybridized carbons (Fsp3) is 0.263. The van der Waals surface area contributed by atoms with Crippen molar-refractivity contribution in [3.05, 3.63) is 64.2 Å². The highest BCUT2D eigenvalue weighted by molar-refractivity contribution is 6.31. The Bertz CT molecular complexity index is 714. The third kappa shape index (κ3) is 6.12. The number of methoxy groups -OCH3 is 1. The number of carboxylic acid groups (broad SMARTS) is 1. The van der Waals surface area contributed by atoms with Gasteiger partial charge in [-0.1, -0.05) is 37.6 Å². The molecule has 2 aromatic carbocycles. The van der Waals surface area contributed by atoms with E-state index in [1.807, 2.05) is 13.8 Å². The van der Waals surface area contributed by atoms with Gasteiger partial charge in [-0.3, -0.25) is 4.79 Å². The second kappa shape index (κ2) is 10.4. The van der Waals surface area contributed by atoms with Crippen molar-refractivity contribution in [2.75, 3.05) is 13.7 Å². The number of carboxylic acids is 1. The van der Waals surface area contributed by atoms with Crippen LogP contribution in [0.1, 0.15) is 40.1 Å². The number of ether oxygens (including phenoxy) is 1. The first-order chi connectivity index (χ1) is 12.0. The quantitative estimate of drug-likeness (QED) is 0.811. The molecule has 2 rings (SSSR count). The van der Waals surface area contributed by atoms with Crippen molar-refractivity contribution in [1.29, 1.82) is 0 Å². The summed E-state index contributed by atoms with van der Waals surface area (Å²) in [5.74, 6) is -0.776. The van der Waals surface area contributed by atoms with Gasteiger partial charge >= 0.3 is 5.97 Å². The Morgan fingerprint density at radius 1 is 1.12 bits per heavy atom. The number of carbonyl (C=O) groups excluding carboxylic acids is 1. The van der Waals surface area contributed by atoms with Crippen molar-refractivity contribution >= 4 is 23.5 Å². The molecule has 2 N–H and O–H groups in total. The van der Waals surface area contributed by atoms with E-state index in [0.29, 0.717) is 29.3 Å². The Balaban J connectivity index is 0.00000151. The molecule has 0 spiro atoms. The van der Waals surface area contributed by atoms with E-state index in [1.165, 1.54) is 7.11 Å². The van der Waals surface area contributed by atoms with E-state index in [1.54, 1.807) is 42.5 Å². The van der Waals surface area contributed by atoms with Gasteiger partial charge in [0.25, 0.3) is 5.91 Å². The SMILES string of the molecule is CC.COc1ccc(Cl)cc1C(=O)NCCc1ccc(C(=O)O)cc1. The number of aromatic carboxylic acids is 1. The maximum atomic E-state index is 12.2. The number of nitrogens with one attached hydrogen (secondary N) is 1. The van der Waals surface area contributed by atoms with E-state index in [9.17, 15) is 9.59 Å². The second-order valence-electron chi connectivity index (χ2n) is 4.85. The number of benzene rings is 2. The summed E-state index contributed by atoms with van der Waals surface area (Å²) >= 11 is 5.90. The van der Waals surface area contributed by atoms with Gasteiger partial charge in [-0.05, 0) is 42.3 Å². The molecule has 5 nitrogen and oxygen atoms in total. The third-order valence-electron chi connectivity index (χ3n) is 3.31. The number of halogens is 1. The molecule has 0 bridgehead atoms. The van der Waals surface area contributed by atoms with Crippen LogP contribution in [-0.2, 0) is 6.42 Å². The predicted molar refractivity (Wildman–Crippen MR) is 98.8 cm³/mol. The van der Waals surface area contributed by atoms with E-state index >= 15 is 0 Å². The van der Waals surface area contributed by atoms with Crippen molar-refractivity contribution in [1.82, 2.24) is 5.32 Å². The van der Waals surface area contributed by atoms with Gasteiger partial charge in [0, 0.05) is 11.6 Å². The average Bonchev–Trinajstić information content (AvgIpc) is 2.63. The van der Waals surface area contributed by atoms with Crippen LogP contribution in [0.15, 0.2) is 42.5 Å². The molecule has 0 aliphatic carbocycles. The van der Waals surface area contributed by atoms with Gasteiger partial charge in [0.15, 0.2) is 0 Å². The van der Waals surface area contributed by atoms with Gasteiger partial charge in [0.05, 0.1) is 18.2 Å². The summed E-state index contributed by atoms with van der Waals surface area (Å²) in [6, 6.07) is 11.4. The zero-order valence-electron chi connectivity index (χ0n) is 14.5. The summed E-state index contributed by atoms with van der Waals surface area (Å²) in [6.45, 7) is 4.42. The van der Waals surface area contributed by atoms with E-state index in [-0.39, 0.29) is 11.5 Å². The summed E-state index contributed by atoms with van der Waals surface area (Å²) in [7, 11) is 1.49. The second-order valence-corrected chi connectivity index (χ2v) is 5.29. The van der Waals surface area contributed by atoms with Gasteiger partial charge in [-0.15, -0.1) is 0 Å². The molecule has 2 aromatic rings. The molecular weight excluding hydrogens is 342 g/mol. The van der Waals surface area contributed by atoms with Crippen LogP contribution in [0.25, 0.3) is 0 Å². The molecule has 0 atom stereocenters. The number of rotatable bonds is 6. The number of hydrogen-bond acceptors (Lipinski definition) is 3.